The molecule has 2 rings (SSSR count). The fourth-order valence-electron chi connectivity index (χ4n) is 1.97. The Kier molecular flexibility index (Phi) is 3.49. The maximum atomic E-state index is 12.8. The smallest absolute Gasteiger partial charge is 0.392 e. The van der Waals surface area contributed by atoms with Crippen LogP contribution in [0.2, 0.25) is 0 Å². The molecule has 0 heterocycles. The lowest BCUT2D eigenvalue weighted by Gasteiger charge is -2.16. The second kappa shape index (κ2) is 4.73. The van der Waals surface area contributed by atoms with Crippen LogP contribution in [0, 0.1) is 12.3 Å². The topological polar surface area (TPSA) is 55.1 Å². The van der Waals surface area contributed by atoms with Crippen molar-refractivity contribution in [3.05, 3.63) is 29.3 Å². The fraction of sp³-hybridized carbons (Fsp3) is 0.385. The van der Waals surface area contributed by atoms with Gasteiger partial charge >= 0.3 is 6.18 Å². The van der Waals surface area contributed by atoms with Crippen molar-refractivity contribution < 1.29 is 18.0 Å². The van der Waals surface area contributed by atoms with Crippen LogP contribution < -0.4 is 11.1 Å². The summed E-state index contributed by atoms with van der Waals surface area (Å²) < 4.78 is 38.4. The number of nitrogens with two attached hydrogens (primary N) is 1. The lowest BCUT2D eigenvalue weighted by Crippen LogP contribution is -2.35. The third-order valence-corrected chi connectivity index (χ3v) is 3.85. The number of thiocarbonyl (C=S) groups is 1. The molecular formula is C13H13F3N2OS. The maximum absolute atomic E-state index is 12.8. The van der Waals surface area contributed by atoms with Gasteiger partial charge in [0.25, 0.3) is 0 Å². The van der Waals surface area contributed by atoms with Crippen LogP contribution in [0.15, 0.2) is 18.2 Å². The van der Waals surface area contributed by atoms with Gasteiger partial charge in [-0.05, 0) is 37.5 Å². The lowest BCUT2D eigenvalue weighted by molar-refractivity contribution is -0.138. The molecule has 20 heavy (non-hydrogen) atoms. The van der Waals surface area contributed by atoms with Gasteiger partial charge in [-0.1, -0.05) is 18.3 Å². The van der Waals surface area contributed by atoms with Gasteiger partial charge in [0.2, 0.25) is 5.91 Å². The van der Waals surface area contributed by atoms with E-state index in [9.17, 15) is 18.0 Å². The Morgan fingerprint density at radius 2 is 2.00 bits per heavy atom. The maximum Gasteiger partial charge on any atom is 0.416 e. The molecule has 3 nitrogen and oxygen atoms in total. The van der Waals surface area contributed by atoms with Crippen LogP contribution in [0.25, 0.3) is 0 Å². The average Bonchev–Trinajstić information content (AvgIpc) is 3.11. The molecule has 0 saturated heterocycles. The minimum absolute atomic E-state index is 0.0816. The summed E-state index contributed by atoms with van der Waals surface area (Å²) in [6.45, 7) is 1.37. The van der Waals surface area contributed by atoms with Crippen molar-refractivity contribution >= 4 is 28.8 Å². The molecule has 1 fully saturated rings. The minimum Gasteiger partial charge on any atom is -0.392 e. The van der Waals surface area contributed by atoms with E-state index in [4.69, 9.17) is 18.0 Å². The Bertz CT molecular complexity index is 579. The molecule has 108 valence electrons. The molecule has 3 N–H and O–H groups in total. The van der Waals surface area contributed by atoms with Gasteiger partial charge in [-0.25, -0.2) is 0 Å². The average molecular weight is 302 g/mol. The summed E-state index contributed by atoms with van der Waals surface area (Å²) in [6, 6.07) is 3.67. The van der Waals surface area contributed by atoms with E-state index >= 15 is 0 Å². The normalized spacial score (nSPS) is 16.6. The van der Waals surface area contributed by atoms with Crippen LogP contribution in [-0.2, 0) is 11.0 Å². The molecule has 0 radical (unpaired) electrons. The summed E-state index contributed by atoms with van der Waals surface area (Å²) in [5, 5.41) is 2.46. The number of carbonyl (C=O) groups excluding carboxylic acids is 1. The van der Waals surface area contributed by atoms with E-state index in [2.05, 4.69) is 5.32 Å². The van der Waals surface area contributed by atoms with Gasteiger partial charge in [-0.2, -0.15) is 13.2 Å². The zero-order chi connectivity index (χ0) is 15.1. The van der Waals surface area contributed by atoms with Crippen molar-refractivity contribution in [1.29, 1.82) is 0 Å². The summed E-state index contributed by atoms with van der Waals surface area (Å²) in [4.78, 5) is 12.1. The molecule has 0 unspecified atom stereocenters. The van der Waals surface area contributed by atoms with Crippen LogP contribution in [0.1, 0.15) is 24.0 Å². The van der Waals surface area contributed by atoms with Crippen molar-refractivity contribution in [2.75, 3.05) is 5.32 Å². The van der Waals surface area contributed by atoms with E-state index in [0.29, 0.717) is 12.8 Å². The van der Waals surface area contributed by atoms with Gasteiger partial charge in [0.05, 0.1) is 16.0 Å². The first kappa shape index (κ1) is 14.8. The monoisotopic (exact) mass is 302 g/mol. The molecule has 1 saturated carbocycles. The van der Waals surface area contributed by atoms with Crippen LogP contribution in [0.4, 0.5) is 18.9 Å². The fourth-order valence-corrected chi connectivity index (χ4v) is 2.26. The van der Waals surface area contributed by atoms with Crippen molar-refractivity contribution in [1.82, 2.24) is 0 Å². The summed E-state index contributed by atoms with van der Waals surface area (Å²) in [7, 11) is 0. The van der Waals surface area contributed by atoms with Crippen LogP contribution in [0.5, 0.6) is 0 Å². The number of nitrogens with one attached hydrogen (secondary N) is 1. The zero-order valence-corrected chi connectivity index (χ0v) is 11.5. The van der Waals surface area contributed by atoms with E-state index in [0.717, 1.165) is 6.07 Å². The highest BCUT2D eigenvalue weighted by atomic mass is 32.1. The summed E-state index contributed by atoms with van der Waals surface area (Å²) in [5.41, 5.74) is 4.04. The Labute approximate surface area is 119 Å². The Hall–Kier alpha value is -1.63. The first-order valence-electron chi connectivity index (χ1n) is 5.96. The number of carbonyl (C=O) groups is 1. The molecule has 0 atom stereocenters. The SMILES string of the molecule is Cc1ccc(NC(=O)C2(C(N)=S)CC2)cc1C(F)(F)F. The van der Waals surface area contributed by atoms with Gasteiger partial charge in [-0.3, -0.25) is 4.79 Å². The second-order valence-electron chi connectivity index (χ2n) is 4.93. The standard InChI is InChI=1S/C13H13F3N2OS/c1-7-2-3-8(6-9(7)13(14,15)16)18-11(19)12(4-5-12)10(17)20/h2-3,6H,4-5H2,1H3,(H2,17,20)(H,18,19). The van der Waals surface area contributed by atoms with Crippen molar-refractivity contribution in [3.63, 3.8) is 0 Å². The Morgan fingerprint density at radius 3 is 2.45 bits per heavy atom. The molecular weight excluding hydrogens is 289 g/mol. The highest BCUT2D eigenvalue weighted by molar-refractivity contribution is 7.80. The molecule has 1 aromatic rings. The molecule has 1 aromatic carbocycles. The van der Waals surface area contributed by atoms with E-state index < -0.39 is 23.1 Å². The van der Waals surface area contributed by atoms with Crippen LogP contribution in [-0.4, -0.2) is 10.9 Å². The summed E-state index contributed by atoms with van der Waals surface area (Å²) >= 11 is 4.83. The van der Waals surface area contributed by atoms with Crippen molar-refractivity contribution in [2.24, 2.45) is 11.1 Å². The quantitative estimate of drug-likeness (QED) is 0.844. The molecule has 1 amide bonds. The zero-order valence-electron chi connectivity index (χ0n) is 10.7. The second-order valence-corrected chi connectivity index (χ2v) is 5.37. The lowest BCUT2D eigenvalue weighted by atomic mass is 10.0. The third-order valence-electron chi connectivity index (χ3n) is 3.46. The van der Waals surface area contributed by atoms with Crippen molar-refractivity contribution in [2.45, 2.75) is 25.9 Å². The largest absolute Gasteiger partial charge is 0.416 e. The van der Waals surface area contributed by atoms with Gasteiger partial charge in [-0.15, -0.1) is 0 Å². The molecule has 0 aromatic heterocycles. The van der Waals surface area contributed by atoms with Crippen LogP contribution in [0.3, 0.4) is 0 Å². The minimum atomic E-state index is -4.45. The molecule has 0 aliphatic heterocycles. The number of alkyl halides is 3. The number of hydrogen-bond acceptors (Lipinski definition) is 2. The Morgan fingerprint density at radius 1 is 1.40 bits per heavy atom. The number of hydrogen-bond donors (Lipinski definition) is 2. The molecule has 1 aliphatic carbocycles. The highest BCUT2D eigenvalue weighted by Gasteiger charge is 2.52. The highest BCUT2D eigenvalue weighted by Crippen LogP contribution is 2.47. The third kappa shape index (κ3) is 2.63. The number of amides is 1. The number of halogens is 3. The van der Waals surface area contributed by atoms with Gasteiger partial charge in [0.15, 0.2) is 0 Å². The van der Waals surface area contributed by atoms with Gasteiger partial charge < -0.3 is 11.1 Å². The predicted molar refractivity (Wildman–Crippen MR) is 73.3 cm³/mol. The first-order chi connectivity index (χ1) is 9.17. The number of benzene rings is 1. The van der Waals surface area contributed by atoms with Gasteiger partial charge in [0, 0.05) is 5.69 Å². The van der Waals surface area contributed by atoms with Crippen molar-refractivity contribution in [3.8, 4) is 0 Å². The summed E-state index contributed by atoms with van der Waals surface area (Å²) in [6.07, 6.45) is -3.39. The van der Waals surface area contributed by atoms with E-state index in [-0.39, 0.29) is 16.2 Å². The van der Waals surface area contributed by atoms with Gasteiger partial charge in [0.1, 0.15) is 0 Å². The van der Waals surface area contributed by atoms with E-state index in [1.165, 1.54) is 19.1 Å². The Balaban J connectivity index is 2.23. The van der Waals surface area contributed by atoms with E-state index in [1.807, 2.05) is 0 Å². The van der Waals surface area contributed by atoms with Crippen LogP contribution >= 0.6 is 12.2 Å². The van der Waals surface area contributed by atoms with E-state index in [1.54, 1.807) is 0 Å². The predicted octanol–water partition coefficient (Wildman–Crippen LogP) is 3.02. The molecule has 0 spiro atoms. The molecule has 7 heteroatoms. The molecule has 1 aliphatic rings. The first-order valence-corrected chi connectivity index (χ1v) is 6.37. The summed E-state index contributed by atoms with van der Waals surface area (Å²) in [5.74, 6) is -0.443. The number of anilines is 1. The number of rotatable bonds is 3. The molecule has 0 bridgehead atoms. The number of aryl methyl sites for hydroxylation is 1.